The number of rotatable bonds is 3. The van der Waals surface area contributed by atoms with Gasteiger partial charge >= 0.3 is 0 Å². The van der Waals surface area contributed by atoms with Crippen molar-refractivity contribution in [3.05, 3.63) is 58.1 Å². The summed E-state index contributed by atoms with van der Waals surface area (Å²) >= 11 is 3.38. The first-order valence-electron chi connectivity index (χ1n) is 6.25. The van der Waals surface area contributed by atoms with Gasteiger partial charge in [0.05, 0.1) is 22.6 Å². The molecule has 3 rings (SSSR count). The summed E-state index contributed by atoms with van der Waals surface area (Å²) in [6, 6.07) is 9.54. The second kappa shape index (κ2) is 5.46. The molecule has 0 radical (unpaired) electrons. The van der Waals surface area contributed by atoms with Crippen LogP contribution in [0.3, 0.4) is 0 Å². The van der Waals surface area contributed by atoms with Crippen LogP contribution < -0.4 is 4.74 Å². The lowest BCUT2D eigenvalue weighted by Gasteiger charge is -2.10. The van der Waals surface area contributed by atoms with Crippen molar-refractivity contribution in [1.29, 1.82) is 0 Å². The maximum atomic E-state index is 13.2. The minimum atomic E-state index is -0.928. The molecule has 2 aromatic carbocycles. The number of aliphatic hydroxyl groups is 1. The van der Waals surface area contributed by atoms with Crippen LogP contribution in [0.25, 0.3) is 11.0 Å². The summed E-state index contributed by atoms with van der Waals surface area (Å²) in [6.45, 7) is 0. The first-order valence-corrected chi connectivity index (χ1v) is 7.04. The van der Waals surface area contributed by atoms with Crippen molar-refractivity contribution in [2.24, 2.45) is 0 Å². The third kappa shape index (κ3) is 2.64. The molecule has 6 heteroatoms. The van der Waals surface area contributed by atoms with Crippen molar-refractivity contribution in [3.63, 3.8) is 0 Å². The van der Waals surface area contributed by atoms with Gasteiger partial charge in [-0.15, -0.1) is 0 Å². The van der Waals surface area contributed by atoms with Crippen LogP contribution in [-0.2, 0) is 0 Å². The van der Waals surface area contributed by atoms with Crippen molar-refractivity contribution >= 4 is 27.0 Å². The fourth-order valence-electron chi connectivity index (χ4n) is 2.14. The average molecular weight is 351 g/mol. The molecule has 1 unspecified atom stereocenters. The number of aliphatic hydroxyl groups excluding tert-OH is 1. The monoisotopic (exact) mass is 350 g/mol. The van der Waals surface area contributed by atoms with Gasteiger partial charge in [0, 0.05) is 6.07 Å². The number of imidazole rings is 1. The molecule has 1 heterocycles. The number of benzene rings is 2. The van der Waals surface area contributed by atoms with Gasteiger partial charge in [-0.25, -0.2) is 9.37 Å². The molecule has 0 bridgehead atoms. The van der Waals surface area contributed by atoms with Gasteiger partial charge in [-0.2, -0.15) is 0 Å². The molecular formula is C15H12BrFN2O2. The van der Waals surface area contributed by atoms with Crippen molar-refractivity contribution in [2.75, 3.05) is 7.11 Å². The molecule has 2 N–H and O–H groups in total. The maximum absolute atomic E-state index is 13.2. The van der Waals surface area contributed by atoms with E-state index in [-0.39, 0.29) is 5.82 Å². The number of methoxy groups -OCH3 is 1. The number of ether oxygens (including phenoxy) is 1. The molecule has 0 aliphatic carbocycles. The summed E-state index contributed by atoms with van der Waals surface area (Å²) in [7, 11) is 1.57. The number of aromatic nitrogens is 2. The number of nitrogens with one attached hydrogen (secondary N) is 1. The SMILES string of the molecule is COc1ccc(C(O)c2nc3cc(F)ccc3[nH]2)cc1Br. The molecule has 0 saturated carbocycles. The van der Waals surface area contributed by atoms with Gasteiger partial charge in [0.2, 0.25) is 0 Å². The van der Waals surface area contributed by atoms with E-state index in [0.717, 1.165) is 4.47 Å². The molecule has 0 fully saturated rings. The minimum Gasteiger partial charge on any atom is -0.496 e. The Morgan fingerprint density at radius 2 is 2.10 bits per heavy atom. The van der Waals surface area contributed by atoms with E-state index in [0.29, 0.717) is 28.2 Å². The fraction of sp³-hybridized carbons (Fsp3) is 0.133. The Morgan fingerprint density at radius 3 is 2.81 bits per heavy atom. The Bertz CT molecular complexity index is 803. The van der Waals surface area contributed by atoms with E-state index in [4.69, 9.17) is 4.74 Å². The van der Waals surface area contributed by atoms with Crippen LogP contribution in [0.5, 0.6) is 5.75 Å². The second-order valence-electron chi connectivity index (χ2n) is 4.58. The van der Waals surface area contributed by atoms with Gasteiger partial charge in [-0.05, 0) is 45.8 Å². The molecule has 0 amide bonds. The standard InChI is InChI=1S/C15H12BrFN2O2/c1-21-13-5-2-8(6-10(13)16)14(20)15-18-11-4-3-9(17)7-12(11)19-15/h2-7,14,20H,1H3,(H,18,19). The number of hydrogen-bond donors (Lipinski definition) is 2. The number of H-pyrrole nitrogens is 1. The van der Waals surface area contributed by atoms with Crippen LogP contribution in [0.1, 0.15) is 17.5 Å². The molecule has 108 valence electrons. The highest BCUT2D eigenvalue weighted by Gasteiger charge is 2.16. The molecule has 0 saturated heterocycles. The van der Waals surface area contributed by atoms with Crippen LogP contribution in [0.4, 0.5) is 4.39 Å². The van der Waals surface area contributed by atoms with Gasteiger partial charge in [-0.1, -0.05) is 6.07 Å². The van der Waals surface area contributed by atoms with E-state index in [1.54, 1.807) is 31.4 Å². The van der Waals surface area contributed by atoms with Gasteiger partial charge in [0.1, 0.15) is 23.5 Å². The van der Waals surface area contributed by atoms with Crippen molar-refractivity contribution < 1.29 is 14.2 Å². The number of hydrogen-bond acceptors (Lipinski definition) is 3. The highest BCUT2D eigenvalue weighted by molar-refractivity contribution is 9.10. The van der Waals surface area contributed by atoms with Gasteiger partial charge in [0.25, 0.3) is 0 Å². The van der Waals surface area contributed by atoms with E-state index in [2.05, 4.69) is 25.9 Å². The predicted octanol–water partition coefficient (Wildman–Crippen LogP) is 3.55. The maximum Gasteiger partial charge on any atom is 0.140 e. The molecular weight excluding hydrogens is 339 g/mol. The molecule has 3 aromatic rings. The molecule has 0 aliphatic rings. The third-order valence-electron chi connectivity index (χ3n) is 3.21. The molecule has 0 aliphatic heterocycles. The van der Waals surface area contributed by atoms with E-state index in [1.807, 2.05) is 0 Å². The number of nitrogens with zero attached hydrogens (tertiary/aromatic N) is 1. The lowest BCUT2D eigenvalue weighted by molar-refractivity contribution is 0.211. The predicted molar refractivity (Wildman–Crippen MR) is 80.8 cm³/mol. The molecule has 0 spiro atoms. The molecule has 4 nitrogen and oxygen atoms in total. The lowest BCUT2D eigenvalue weighted by atomic mass is 10.1. The van der Waals surface area contributed by atoms with Gasteiger partial charge < -0.3 is 14.8 Å². The van der Waals surface area contributed by atoms with E-state index < -0.39 is 6.10 Å². The molecule has 21 heavy (non-hydrogen) atoms. The zero-order chi connectivity index (χ0) is 15.0. The number of fused-ring (bicyclic) bond motifs is 1. The first-order chi connectivity index (χ1) is 10.1. The topological polar surface area (TPSA) is 58.1 Å². The summed E-state index contributed by atoms with van der Waals surface area (Å²) < 4.78 is 19.1. The normalized spacial score (nSPS) is 12.6. The van der Waals surface area contributed by atoms with E-state index in [1.165, 1.54) is 12.1 Å². The number of aromatic amines is 1. The highest BCUT2D eigenvalue weighted by atomic mass is 79.9. The van der Waals surface area contributed by atoms with Crippen LogP contribution in [-0.4, -0.2) is 22.2 Å². The third-order valence-corrected chi connectivity index (χ3v) is 3.83. The smallest absolute Gasteiger partial charge is 0.140 e. The minimum absolute atomic E-state index is 0.359. The fourth-order valence-corrected chi connectivity index (χ4v) is 2.70. The Morgan fingerprint density at radius 1 is 1.29 bits per heavy atom. The zero-order valence-electron chi connectivity index (χ0n) is 11.1. The van der Waals surface area contributed by atoms with E-state index >= 15 is 0 Å². The first kappa shape index (κ1) is 14.0. The molecule has 1 atom stereocenters. The van der Waals surface area contributed by atoms with Crippen molar-refractivity contribution in [2.45, 2.75) is 6.10 Å². The van der Waals surface area contributed by atoms with Crippen LogP contribution in [0.2, 0.25) is 0 Å². The summed E-state index contributed by atoms with van der Waals surface area (Å²) in [5.41, 5.74) is 1.82. The summed E-state index contributed by atoms with van der Waals surface area (Å²) in [5, 5.41) is 10.4. The Hall–Kier alpha value is -1.92. The Kier molecular flexibility index (Phi) is 3.65. The van der Waals surface area contributed by atoms with Gasteiger partial charge in [0.15, 0.2) is 0 Å². The number of halogens is 2. The average Bonchev–Trinajstić information content (AvgIpc) is 2.89. The summed E-state index contributed by atoms with van der Waals surface area (Å²) in [4.78, 5) is 7.22. The van der Waals surface area contributed by atoms with Crippen molar-refractivity contribution in [1.82, 2.24) is 9.97 Å². The second-order valence-corrected chi connectivity index (χ2v) is 5.43. The Balaban J connectivity index is 1.99. The van der Waals surface area contributed by atoms with Crippen LogP contribution in [0.15, 0.2) is 40.9 Å². The van der Waals surface area contributed by atoms with Crippen LogP contribution in [0, 0.1) is 5.82 Å². The summed E-state index contributed by atoms with van der Waals surface area (Å²) in [6.07, 6.45) is -0.928. The van der Waals surface area contributed by atoms with E-state index in [9.17, 15) is 9.50 Å². The van der Waals surface area contributed by atoms with Gasteiger partial charge in [-0.3, -0.25) is 0 Å². The largest absolute Gasteiger partial charge is 0.496 e. The summed E-state index contributed by atoms with van der Waals surface area (Å²) in [5.74, 6) is 0.688. The zero-order valence-corrected chi connectivity index (χ0v) is 12.7. The van der Waals surface area contributed by atoms with Crippen molar-refractivity contribution in [3.8, 4) is 5.75 Å². The highest BCUT2D eigenvalue weighted by Crippen LogP contribution is 2.30. The Labute approximate surface area is 128 Å². The lowest BCUT2D eigenvalue weighted by Crippen LogP contribution is -2.02. The van der Waals surface area contributed by atoms with Crippen LogP contribution >= 0.6 is 15.9 Å². The molecule has 1 aromatic heterocycles. The quantitative estimate of drug-likeness (QED) is 0.759.